The zero-order chi connectivity index (χ0) is 19.2. The standard InChI is InChI=1S/C20H27N5O2/c1-4-23(5-2)20(26)18-10-11-19(22-21-18)25-14-12-24(13-15-25)16-6-8-17(27-3)9-7-16/h6-11H,4-5,12-15H2,1-3H3. The normalized spacial score (nSPS) is 14.2. The van der Waals surface area contributed by atoms with Crippen molar-refractivity contribution in [3.63, 3.8) is 0 Å². The monoisotopic (exact) mass is 369 g/mol. The Morgan fingerprint density at radius 3 is 2.11 bits per heavy atom. The van der Waals surface area contributed by atoms with E-state index in [1.54, 1.807) is 18.1 Å². The van der Waals surface area contributed by atoms with Gasteiger partial charge in [0.1, 0.15) is 5.75 Å². The van der Waals surface area contributed by atoms with Crippen molar-refractivity contribution >= 4 is 17.4 Å². The molecule has 0 N–H and O–H groups in total. The molecule has 1 aromatic heterocycles. The predicted molar refractivity (Wildman–Crippen MR) is 107 cm³/mol. The van der Waals surface area contributed by atoms with Gasteiger partial charge in [0.25, 0.3) is 5.91 Å². The fourth-order valence-electron chi connectivity index (χ4n) is 3.27. The molecule has 0 unspecified atom stereocenters. The molecule has 0 aliphatic carbocycles. The Hall–Kier alpha value is -2.83. The van der Waals surface area contributed by atoms with Gasteiger partial charge in [-0.3, -0.25) is 4.79 Å². The number of anilines is 2. The van der Waals surface area contributed by atoms with Crippen LogP contribution in [0.4, 0.5) is 11.5 Å². The molecule has 0 atom stereocenters. The number of nitrogens with zero attached hydrogens (tertiary/aromatic N) is 5. The summed E-state index contributed by atoms with van der Waals surface area (Å²) in [4.78, 5) is 18.6. The van der Waals surface area contributed by atoms with Crippen LogP contribution >= 0.6 is 0 Å². The van der Waals surface area contributed by atoms with Crippen molar-refractivity contribution in [1.82, 2.24) is 15.1 Å². The highest BCUT2D eigenvalue weighted by Crippen LogP contribution is 2.22. The smallest absolute Gasteiger partial charge is 0.274 e. The molecule has 7 nitrogen and oxygen atoms in total. The maximum absolute atomic E-state index is 12.3. The number of hydrogen-bond acceptors (Lipinski definition) is 6. The number of benzene rings is 1. The predicted octanol–water partition coefficient (Wildman–Crippen LogP) is 2.29. The Kier molecular flexibility index (Phi) is 6.11. The summed E-state index contributed by atoms with van der Waals surface area (Å²) in [5.74, 6) is 1.62. The van der Waals surface area contributed by atoms with E-state index < -0.39 is 0 Å². The molecular formula is C20H27N5O2. The van der Waals surface area contributed by atoms with Crippen molar-refractivity contribution in [3.8, 4) is 5.75 Å². The lowest BCUT2D eigenvalue weighted by molar-refractivity contribution is 0.0766. The van der Waals surface area contributed by atoms with Crippen molar-refractivity contribution < 1.29 is 9.53 Å². The van der Waals surface area contributed by atoms with E-state index in [2.05, 4.69) is 32.1 Å². The summed E-state index contributed by atoms with van der Waals surface area (Å²) in [6.45, 7) is 8.82. The molecule has 1 aromatic carbocycles. The van der Waals surface area contributed by atoms with Crippen molar-refractivity contribution in [2.45, 2.75) is 13.8 Å². The second kappa shape index (κ2) is 8.70. The van der Waals surface area contributed by atoms with Crippen LogP contribution in [0.2, 0.25) is 0 Å². The Labute approximate surface area is 160 Å². The topological polar surface area (TPSA) is 61.8 Å². The number of carbonyl (C=O) groups excluding carboxylic acids is 1. The van der Waals surface area contributed by atoms with Gasteiger partial charge in [-0.1, -0.05) is 0 Å². The second-order valence-corrected chi connectivity index (χ2v) is 6.43. The lowest BCUT2D eigenvalue weighted by Crippen LogP contribution is -2.47. The maximum Gasteiger partial charge on any atom is 0.274 e. The number of amides is 1. The molecule has 1 amide bonds. The molecule has 2 aromatic rings. The molecule has 0 radical (unpaired) electrons. The van der Waals surface area contributed by atoms with Crippen molar-refractivity contribution in [3.05, 3.63) is 42.1 Å². The molecule has 1 aliphatic rings. The number of methoxy groups -OCH3 is 1. The van der Waals surface area contributed by atoms with Gasteiger partial charge in [0, 0.05) is 45.0 Å². The minimum Gasteiger partial charge on any atom is -0.497 e. The SMILES string of the molecule is CCN(CC)C(=O)c1ccc(N2CCN(c3ccc(OC)cc3)CC2)nn1. The molecule has 3 rings (SSSR count). The third-order valence-electron chi connectivity index (χ3n) is 4.96. The van der Waals surface area contributed by atoms with Gasteiger partial charge >= 0.3 is 0 Å². The van der Waals surface area contributed by atoms with Crippen molar-refractivity contribution in [1.29, 1.82) is 0 Å². The van der Waals surface area contributed by atoms with E-state index in [1.807, 2.05) is 32.0 Å². The Morgan fingerprint density at radius 1 is 0.963 bits per heavy atom. The molecule has 1 fully saturated rings. The average molecular weight is 369 g/mol. The maximum atomic E-state index is 12.3. The summed E-state index contributed by atoms with van der Waals surface area (Å²) in [6, 6.07) is 11.8. The molecule has 1 saturated heterocycles. The fourth-order valence-corrected chi connectivity index (χ4v) is 3.27. The molecule has 1 aliphatic heterocycles. The summed E-state index contributed by atoms with van der Waals surface area (Å²) in [5.41, 5.74) is 1.60. The summed E-state index contributed by atoms with van der Waals surface area (Å²) >= 11 is 0. The number of piperazine rings is 1. The third-order valence-corrected chi connectivity index (χ3v) is 4.96. The molecule has 0 spiro atoms. The second-order valence-electron chi connectivity index (χ2n) is 6.43. The van der Waals surface area contributed by atoms with Gasteiger partial charge in [-0.25, -0.2) is 0 Å². The van der Waals surface area contributed by atoms with Crippen LogP contribution in [-0.2, 0) is 0 Å². The van der Waals surface area contributed by atoms with Crippen molar-refractivity contribution in [2.75, 3.05) is 56.2 Å². The largest absolute Gasteiger partial charge is 0.497 e. The minimum atomic E-state index is -0.0663. The highest BCUT2D eigenvalue weighted by Gasteiger charge is 2.20. The van der Waals surface area contributed by atoms with Crippen LogP contribution < -0.4 is 14.5 Å². The van der Waals surface area contributed by atoms with Gasteiger partial charge in [0.15, 0.2) is 11.5 Å². The van der Waals surface area contributed by atoms with E-state index in [0.717, 1.165) is 37.7 Å². The van der Waals surface area contributed by atoms with E-state index in [-0.39, 0.29) is 5.91 Å². The van der Waals surface area contributed by atoms with E-state index in [9.17, 15) is 4.79 Å². The van der Waals surface area contributed by atoms with E-state index >= 15 is 0 Å². The first-order chi connectivity index (χ1) is 13.2. The summed E-state index contributed by atoms with van der Waals surface area (Å²) < 4.78 is 5.22. The highest BCUT2D eigenvalue weighted by molar-refractivity contribution is 5.92. The van der Waals surface area contributed by atoms with Crippen LogP contribution in [0.3, 0.4) is 0 Å². The molecule has 7 heteroatoms. The minimum absolute atomic E-state index is 0.0663. The van der Waals surface area contributed by atoms with Gasteiger partial charge in [0.05, 0.1) is 7.11 Å². The van der Waals surface area contributed by atoms with Gasteiger partial charge < -0.3 is 19.4 Å². The van der Waals surface area contributed by atoms with E-state index in [0.29, 0.717) is 18.8 Å². The van der Waals surface area contributed by atoms with Crippen LogP contribution in [0, 0.1) is 0 Å². The van der Waals surface area contributed by atoms with Gasteiger partial charge in [-0.15, -0.1) is 10.2 Å². The highest BCUT2D eigenvalue weighted by atomic mass is 16.5. The summed E-state index contributed by atoms with van der Waals surface area (Å²) in [6.07, 6.45) is 0. The fraction of sp³-hybridized carbons (Fsp3) is 0.450. The first-order valence-electron chi connectivity index (χ1n) is 9.43. The molecular weight excluding hydrogens is 342 g/mol. The number of rotatable bonds is 6. The average Bonchev–Trinajstić information content (AvgIpc) is 2.75. The number of ether oxygens (including phenoxy) is 1. The first-order valence-corrected chi connectivity index (χ1v) is 9.43. The van der Waals surface area contributed by atoms with Crippen LogP contribution in [0.5, 0.6) is 5.75 Å². The van der Waals surface area contributed by atoms with Crippen molar-refractivity contribution in [2.24, 2.45) is 0 Å². The quantitative estimate of drug-likeness (QED) is 0.779. The summed E-state index contributed by atoms with van der Waals surface area (Å²) in [5, 5.41) is 8.44. The zero-order valence-electron chi connectivity index (χ0n) is 16.3. The Balaban J connectivity index is 1.59. The molecule has 2 heterocycles. The Morgan fingerprint density at radius 2 is 1.59 bits per heavy atom. The molecule has 27 heavy (non-hydrogen) atoms. The zero-order valence-corrected chi connectivity index (χ0v) is 16.3. The van der Waals surface area contributed by atoms with Crippen LogP contribution in [0.15, 0.2) is 36.4 Å². The van der Waals surface area contributed by atoms with Gasteiger partial charge in [-0.05, 0) is 50.2 Å². The lowest BCUT2D eigenvalue weighted by atomic mass is 10.2. The van der Waals surface area contributed by atoms with E-state index in [1.165, 1.54) is 5.69 Å². The summed E-state index contributed by atoms with van der Waals surface area (Å²) in [7, 11) is 1.68. The molecule has 144 valence electrons. The van der Waals surface area contributed by atoms with Gasteiger partial charge in [-0.2, -0.15) is 0 Å². The number of carbonyl (C=O) groups is 1. The number of aromatic nitrogens is 2. The Bertz CT molecular complexity index is 736. The van der Waals surface area contributed by atoms with Crippen LogP contribution in [0.25, 0.3) is 0 Å². The first kappa shape index (κ1) is 18.9. The molecule has 0 bridgehead atoms. The number of hydrogen-bond donors (Lipinski definition) is 0. The van der Waals surface area contributed by atoms with Crippen LogP contribution in [0.1, 0.15) is 24.3 Å². The van der Waals surface area contributed by atoms with Crippen LogP contribution in [-0.4, -0.2) is 67.4 Å². The lowest BCUT2D eigenvalue weighted by Gasteiger charge is -2.36. The van der Waals surface area contributed by atoms with Gasteiger partial charge in [0.2, 0.25) is 0 Å². The molecule has 0 saturated carbocycles. The van der Waals surface area contributed by atoms with E-state index in [4.69, 9.17) is 4.74 Å². The third kappa shape index (κ3) is 4.30.